The summed E-state index contributed by atoms with van der Waals surface area (Å²) in [5.41, 5.74) is 1.30. The minimum absolute atomic E-state index is 0.451. The molecule has 70 valence electrons. The molecular weight excluding hydrogens is 158 g/mol. The van der Waals surface area contributed by atoms with Gasteiger partial charge in [0.1, 0.15) is 0 Å². The van der Waals surface area contributed by atoms with E-state index in [1.807, 2.05) is 13.1 Å². The van der Waals surface area contributed by atoms with Crippen LogP contribution in [-0.4, -0.2) is 13.1 Å². The van der Waals surface area contributed by atoms with E-state index in [9.17, 15) is 0 Å². The predicted molar refractivity (Wildman–Crippen MR) is 58.6 cm³/mol. The first kappa shape index (κ1) is 10.0. The van der Waals surface area contributed by atoms with E-state index in [1.54, 1.807) is 0 Å². The molecule has 1 nitrogen and oxygen atoms in total. The van der Waals surface area contributed by atoms with Gasteiger partial charge >= 0.3 is 0 Å². The van der Waals surface area contributed by atoms with Crippen molar-refractivity contribution in [3.8, 4) is 0 Å². The molecule has 1 atom stereocenters. The molecule has 0 saturated carbocycles. The number of hydrogen-bond acceptors (Lipinski definition) is 1. The van der Waals surface area contributed by atoms with Gasteiger partial charge in [0, 0.05) is 6.04 Å². The first-order valence-electron chi connectivity index (χ1n) is 4.68. The summed E-state index contributed by atoms with van der Waals surface area (Å²) in [7, 11) is 1.99. The second-order valence-corrected chi connectivity index (χ2v) is 3.21. The van der Waals surface area contributed by atoms with Crippen LogP contribution in [0, 0.1) is 0 Å². The topological polar surface area (TPSA) is 12.0 Å². The van der Waals surface area contributed by atoms with Crippen molar-refractivity contribution in [2.75, 3.05) is 7.05 Å². The van der Waals surface area contributed by atoms with Gasteiger partial charge in [-0.15, -0.1) is 0 Å². The Bertz CT molecular complexity index is 256. The van der Waals surface area contributed by atoms with Gasteiger partial charge in [-0.25, -0.2) is 0 Å². The lowest BCUT2D eigenvalue weighted by atomic mass is 10.1. The van der Waals surface area contributed by atoms with E-state index < -0.39 is 0 Å². The Hall–Kier alpha value is -1.08. The van der Waals surface area contributed by atoms with Crippen LogP contribution >= 0.6 is 0 Å². The van der Waals surface area contributed by atoms with Crippen molar-refractivity contribution in [2.45, 2.75) is 19.4 Å². The molecule has 0 aromatic carbocycles. The highest BCUT2D eigenvalue weighted by atomic mass is 14.9. The largest absolute Gasteiger partial charge is 0.313 e. The molecule has 1 N–H and O–H groups in total. The van der Waals surface area contributed by atoms with Crippen LogP contribution in [0.3, 0.4) is 0 Å². The summed E-state index contributed by atoms with van der Waals surface area (Å²) < 4.78 is 0. The fourth-order valence-corrected chi connectivity index (χ4v) is 1.28. The SMILES string of the molecule is CNC1/C=C(C)/C=C\C=C\C=C\C1. The smallest absolute Gasteiger partial charge is 0.0287 e. The van der Waals surface area contributed by atoms with Crippen LogP contribution in [0.25, 0.3) is 0 Å². The molecule has 1 rings (SSSR count). The van der Waals surface area contributed by atoms with E-state index >= 15 is 0 Å². The van der Waals surface area contributed by atoms with Crippen LogP contribution in [0.1, 0.15) is 13.3 Å². The Labute approximate surface area is 80.5 Å². The Kier molecular flexibility index (Phi) is 4.27. The minimum atomic E-state index is 0.451. The lowest BCUT2D eigenvalue weighted by Crippen LogP contribution is -2.22. The number of allylic oxidation sites excluding steroid dienone is 6. The van der Waals surface area contributed by atoms with Crippen LogP contribution in [0.15, 0.2) is 48.1 Å². The van der Waals surface area contributed by atoms with Gasteiger partial charge in [-0.05, 0) is 20.4 Å². The Morgan fingerprint density at radius 3 is 2.77 bits per heavy atom. The lowest BCUT2D eigenvalue weighted by molar-refractivity contribution is 0.674. The molecular formula is C12H17N. The minimum Gasteiger partial charge on any atom is -0.313 e. The lowest BCUT2D eigenvalue weighted by Gasteiger charge is -2.09. The highest BCUT2D eigenvalue weighted by Gasteiger charge is 1.98. The fourth-order valence-electron chi connectivity index (χ4n) is 1.28. The molecule has 0 heterocycles. The molecule has 1 unspecified atom stereocenters. The standard InChI is InChI=1S/C12H17N/c1-11-8-6-4-3-5-7-9-12(10-11)13-2/h3-8,10,12-13H,9H2,1-2H3/b4-3+,7-5+,8-6-,11-10+. The van der Waals surface area contributed by atoms with Crippen molar-refractivity contribution in [1.82, 2.24) is 5.32 Å². The van der Waals surface area contributed by atoms with Crippen molar-refractivity contribution in [3.63, 3.8) is 0 Å². The van der Waals surface area contributed by atoms with Gasteiger partial charge in [-0.3, -0.25) is 0 Å². The second kappa shape index (κ2) is 5.55. The van der Waals surface area contributed by atoms with Crippen LogP contribution in [0.2, 0.25) is 0 Å². The highest BCUT2D eigenvalue weighted by Crippen LogP contribution is 2.04. The molecule has 0 saturated heterocycles. The van der Waals surface area contributed by atoms with Gasteiger partial charge in [0.2, 0.25) is 0 Å². The fraction of sp³-hybridized carbons (Fsp3) is 0.333. The van der Waals surface area contributed by atoms with Gasteiger partial charge in [0.15, 0.2) is 0 Å². The number of nitrogens with one attached hydrogen (secondary N) is 1. The van der Waals surface area contributed by atoms with E-state index in [1.165, 1.54) is 5.57 Å². The molecule has 1 heteroatoms. The summed E-state index contributed by atoms with van der Waals surface area (Å²) in [6, 6.07) is 0.451. The van der Waals surface area contributed by atoms with Crippen LogP contribution in [-0.2, 0) is 0 Å². The molecule has 0 aliphatic heterocycles. The summed E-state index contributed by atoms with van der Waals surface area (Å²) in [6.07, 6.45) is 15.9. The van der Waals surface area contributed by atoms with Gasteiger partial charge in [-0.2, -0.15) is 0 Å². The first-order chi connectivity index (χ1) is 6.33. The third kappa shape index (κ3) is 3.90. The summed E-state index contributed by atoms with van der Waals surface area (Å²) in [6.45, 7) is 2.12. The Morgan fingerprint density at radius 1 is 1.23 bits per heavy atom. The summed E-state index contributed by atoms with van der Waals surface area (Å²) in [5, 5.41) is 3.26. The van der Waals surface area contributed by atoms with Crippen molar-refractivity contribution >= 4 is 0 Å². The molecule has 0 amide bonds. The van der Waals surface area contributed by atoms with Crippen molar-refractivity contribution < 1.29 is 0 Å². The number of likely N-dealkylation sites (N-methyl/N-ethyl adjacent to an activating group) is 1. The molecule has 1 aliphatic carbocycles. The molecule has 0 bridgehead atoms. The van der Waals surface area contributed by atoms with E-state index in [2.05, 4.69) is 48.7 Å². The molecule has 0 radical (unpaired) electrons. The summed E-state index contributed by atoms with van der Waals surface area (Å²) in [4.78, 5) is 0. The zero-order chi connectivity index (χ0) is 9.52. The monoisotopic (exact) mass is 175 g/mol. The molecule has 0 aromatic heterocycles. The molecule has 1 aliphatic rings. The third-order valence-corrected chi connectivity index (χ3v) is 2.05. The summed E-state index contributed by atoms with van der Waals surface area (Å²) >= 11 is 0. The van der Waals surface area contributed by atoms with Crippen molar-refractivity contribution in [3.05, 3.63) is 48.1 Å². The Balaban J connectivity index is 2.76. The van der Waals surface area contributed by atoms with E-state index in [-0.39, 0.29) is 0 Å². The maximum atomic E-state index is 3.26. The van der Waals surface area contributed by atoms with Gasteiger partial charge < -0.3 is 5.32 Å². The van der Waals surface area contributed by atoms with E-state index in [0.29, 0.717) is 6.04 Å². The van der Waals surface area contributed by atoms with Crippen LogP contribution in [0.4, 0.5) is 0 Å². The molecule has 13 heavy (non-hydrogen) atoms. The zero-order valence-corrected chi connectivity index (χ0v) is 8.33. The van der Waals surface area contributed by atoms with Crippen LogP contribution < -0.4 is 5.32 Å². The second-order valence-electron chi connectivity index (χ2n) is 3.21. The zero-order valence-electron chi connectivity index (χ0n) is 8.33. The Morgan fingerprint density at radius 2 is 2.00 bits per heavy atom. The van der Waals surface area contributed by atoms with E-state index in [4.69, 9.17) is 0 Å². The van der Waals surface area contributed by atoms with Crippen molar-refractivity contribution in [2.24, 2.45) is 0 Å². The van der Waals surface area contributed by atoms with Gasteiger partial charge in [0.05, 0.1) is 0 Å². The highest BCUT2D eigenvalue weighted by molar-refractivity contribution is 5.24. The average molecular weight is 175 g/mol. The van der Waals surface area contributed by atoms with Crippen molar-refractivity contribution in [1.29, 1.82) is 0 Å². The normalized spacial score (nSPS) is 34.3. The maximum Gasteiger partial charge on any atom is 0.0287 e. The number of hydrogen-bond donors (Lipinski definition) is 1. The quantitative estimate of drug-likeness (QED) is 0.646. The molecule has 0 spiro atoms. The van der Waals surface area contributed by atoms with Gasteiger partial charge in [0.25, 0.3) is 0 Å². The number of rotatable bonds is 1. The van der Waals surface area contributed by atoms with Gasteiger partial charge in [-0.1, -0.05) is 48.1 Å². The predicted octanol–water partition coefficient (Wildman–Crippen LogP) is 2.59. The molecule has 0 aromatic rings. The van der Waals surface area contributed by atoms with Crippen LogP contribution in [0.5, 0.6) is 0 Å². The third-order valence-electron chi connectivity index (χ3n) is 2.05. The van der Waals surface area contributed by atoms with E-state index in [0.717, 1.165) is 6.42 Å². The summed E-state index contributed by atoms with van der Waals surface area (Å²) in [5.74, 6) is 0. The average Bonchev–Trinajstić information content (AvgIpc) is 2.15. The molecule has 0 fully saturated rings. The first-order valence-corrected chi connectivity index (χ1v) is 4.68. The maximum absolute atomic E-state index is 3.26.